The Morgan fingerprint density at radius 3 is 2.78 bits per heavy atom. The summed E-state index contributed by atoms with van der Waals surface area (Å²) in [5.74, 6) is 0. The molecule has 4 nitrogen and oxygen atoms in total. The number of halogens is 1. The smallest absolute Gasteiger partial charge is 0.129 e. The van der Waals surface area contributed by atoms with E-state index < -0.39 is 12.6 Å². The summed E-state index contributed by atoms with van der Waals surface area (Å²) in [4.78, 5) is 8.70. The lowest BCUT2D eigenvalue weighted by molar-refractivity contribution is 0.0600. The van der Waals surface area contributed by atoms with Crippen molar-refractivity contribution in [3.63, 3.8) is 0 Å². The predicted molar refractivity (Wildman–Crippen MR) is 107 cm³/mol. The molecule has 1 N–H and O–H groups in total. The fourth-order valence-corrected chi connectivity index (χ4v) is 4.91. The molecule has 1 unspecified atom stereocenters. The van der Waals surface area contributed by atoms with Gasteiger partial charge in [-0.25, -0.2) is 4.98 Å². The molecule has 1 aromatic heterocycles. The Morgan fingerprint density at radius 2 is 1.96 bits per heavy atom. The van der Waals surface area contributed by atoms with E-state index in [-0.39, 0.29) is 5.41 Å². The van der Waals surface area contributed by atoms with Gasteiger partial charge in [0.1, 0.15) is 5.15 Å². The summed E-state index contributed by atoms with van der Waals surface area (Å²) < 4.78 is 8.74. The van der Waals surface area contributed by atoms with Crippen LogP contribution in [0.1, 0.15) is 36.5 Å². The van der Waals surface area contributed by atoms with Gasteiger partial charge in [-0.2, -0.15) is 0 Å². The lowest BCUT2D eigenvalue weighted by Gasteiger charge is -2.37. The average molecular weight is 385 g/mol. The van der Waals surface area contributed by atoms with Gasteiger partial charge in [0.2, 0.25) is 0 Å². The van der Waals surface area contributed by atoms with Crippen LogP contribution in [0, 0.1) is 0 Å². The van der Waals surface area contributed by atoms with Gasteiger partial charge >= 0.3 is 0 Å². The third-order valence-corrected chi connectivity index (χ3v) is 6.49. The van der Waals surface area contributed by atoms with Crippen LogP contribution in [0.15, 0.2) is 36.5 Å². The Hall–Kier alpha value is -1.46. The zero-order chi connectivity index (χ0) is 19.3. The van der Waals surface area contributed by atoms with Crippen molar-refractivity contribution in [1.29, 1.82) is 0 Å². The number of aromatic nitrogens is 1. The number of hydrogen-bond donors (Lipinski definition) is 1. The fourth-order valence-electron chi connectivity index (χ4n) is 4.74. The van der Waals surface area contributed by atoms with Crippen molar-refractivity contribution in [2.75, 3.05) is 26.2 Å². The molecule has 0 bridgehead atoms. The second-order valence-electron chi connectivity index (χ2n) is 8.34. The van der Waals surface area contributed by atoms with Gasteiger partial charge in [0.25, 0.3) is 0 Å². The highest BCUT2D eigenvalue weighted by atomic mass is 35.5. The van der Waals surface area contributed by atoms with Crippen molar-refractivity contribution in [3.8, 4) is 0 Å². The first-order valence-electron chi connectivity index (χ1n) is 10.4. The molecule has 3 heterocycles. The van der Waals surface area contributed by atoms with Crippen molar-refractivity contribution >= 4 is 11.6 Å². The molecule has 2 atom stereocenters. The maximum Gasteiger partial charge on any atom is 0.129 e. The Balaban J connectivity index is 1.26. The number of pyridine rings is 1. The molecule has 1 aromatic carbocycles. The Bertz CT molecular complexity index is 888. The lowest BCUT2D eigenvalue weighted by atomic mass is 9.88. The van der Waals surface area contributed by atoms with Gasteiger partial charge in [-0.3, -0.25) is 9.80 Å². The Morgan fingerprint density at radius 1 is 1.19 bits per heavy atom. The number of fused-ring (bicyclic) bond motifs is 3. The predicted octanol–water partition coefficient (Wildman–Crippen LogP) is 3.00. The van der Waals surface area contributed by atoms with E-state index in [2.05, 4.69) is 39.0 Å². The molecule has 1 fully saturated rings. The molecule has 3 aliphatic rings. The summed E-state index contributed by atoms with van der Waals surface area (Å²) in [6.45, 7) is 3.38. The summed E-state index contributed by atoms with van der Waals surface area (Å²) in [5, 5.41) is 11.3. The highest BCUT2D eigenvalue weighted by molar-refractivity contribution is 6.29. The molecule has 5 heteroatoms. The molecular weight excluding hydrogens is 358 g/mol. The molecule has 5 rings (SSSR count). The van der Waals surface area contributed by atoms with Crippen LogP contribution in [-0.4, -0.2) is 52.2 Å². The van der Waals surface area contributed by atoms with Crippen LogP contribution in [-0.2, 0) is 24.9 Å². The monoisotopic (exact) mass is 384 g/mol. The van der Waals surface area contributed by atoms with Gasteiger partial charge in [-0.1, -0.05) is 35.9 Å². The van der Waals surface area contributed by atoms with E-state index in [9.17, 15) is 5.11 Å². The number of aliphatic hydroxyl groups excluding tert-OH is 1. The SMILES string of the molecule is [2H][C@@H]1c2cc(Cl)ncc2C2(CC2)CN1CC(O)CN1CCc2ccccc2C1. The Kier molecular flexibility index (Phi) is 4.19. The largest absolute Gasteiger partial charge is 0.390 e. The zero-order valence-electron chi connectivity index (χ0n) is 16.4. The summed E-state index contributed by atoms with van der Waals surface area (Å²) in [6, 6.07) is 10.4. The maximum absolute atomic E-state index is 10.8. The van der Waals surface area contributed by atoms with Gasteiger partial charge in [0, 0.05) is 52.2 Å². The average Bonchev–Trinajstić information content (AvgIpc) is 3.46. The van der Waals surface area contributed by atoms with Crippen molar-refractivity contribution in [1.82, 2.24) is 14.8 Å². The number of β-amino-alcohol motifs (C(OH)–C–C–N with tert-alkyl or cyclic N) is 1. The quantitative estimate of drug-likeness (QED) is 0.822. The van der Waals surface area contributed by atoms with Crippen LogP contribution in [0.2, 0.25) is 5.15 Å². The first-order valence-corrected chi connectivity index (χ1v) is 10.2. The number of nitrogens with zero attached hydrogens (tertiary/aromatic N) is 3. The van der Waals surface area contributed by atoms with E-state index in [1.807, 2.05) is 12.3 Å². The molecule has 2 aromatic rings. The lowest BCUT2D eigenvalue weighted by Crippen LogP contribution is -2.45. The van der Waals surface area contributed by atoms with Gasteiger partial charge in [0.15, 0.2) is 0 Å². The normalized spacial score (nSPS) is 25.6. The van der Waals surface area contributed by atoms with Crippen molar-refractivity contribution < 1.29 is 6.48 Å². The van der Waals surface area contributed by atoms with E-state index in [1.165, 1.54) is 16.7 Å². The van der Waals surface area contributed by atoms with E-state index in [1.54, 1.807) is 0 Å². The van der Waals surface area contributed by atoms with Gasteiger partial charge < -0.3 is 5.11 Å². The second kappa shape index (κ2) is 6.85. The first-order chi connectivity index (χ1) is 13.5. The molecule has 1 spiro atoms. The number of benzene rings is 1. The van der Waals surface area contributed by atoms with Gasteiger partial charge in [-0.15, -0.1) is 0 Å². The highest BCUT2D eigenvalue weighted by Crippen LogP contribution is 2.52. The molecule has 0 saturated heterocycles. The molecule has 1 aliphatic carbocycles. The summed E-state index contributed by atoms with van der Waals surface area (Å²) in [7, 11) is 0. The molecule has 0 amide bonds. The third-order valence-electron chi connectivity index (χ3n) is 6.28. The topological polar surface area (TPSA) is 39.6 Å². The van der Waals surface area contributed by atoms with Crippen molar-refractivity contribution in [2.45, 2.75) is 43.8 Å². The molecule has 27 heavy (non-hydrogen) atoms. The number of hydrogen-bond acceptors (Lipinski definition) is 4. The van der Waals surface area contributed by atoms with E-state index >= 15 is 0 Å². The third kappa shape index (κ3) is 3.52. The van der Waals surface area contributed by atoms with Crippen LogP contribution >= 0.6 is 11.6 Å². The Labute approximate surface area is 167 Å². The van der Waals surface area contributed by atoms with Gasteiger partial charge in [-0.05, 0) is 47.6 Å². The van der Waals surface area contributed by atoms with Crippen LogP contribution in [0.4, 0.5) is 0 Å². The first kappa shape index (κ1) is 16.5. The summed E-state index contributed by atoms with van der Waals surface area (Å²) >= 11 is 6.11. The molecule has 142 valence electrons. The minimum atomic E-state index is -0.488. The van der Waals surface area contributed by atoms with Crippen LogP contribution in [0.3, 0.4) is 0 Å². The summed E-state index contributed by atoms with van der Waals surface area (Å²) in [5.41, 5.74) is 5.06. The zero-order valence-corrected chi connectivity index (χ0v) is 16.2. The van der Waals surface area contributed by atoms with Gasteiger partial charge in [0.05, 0.1) is 6.10 Å². The standard InChI is InChI=1S/C22H26ClN3O/c23-21-9-18-12-26(15-22(6-7-22)20(18)10-24-21)14-19(27)13-25-8-5-16-3-1-2-4-17(16)11-25/h1-4,9-10,19,27H,5-8,11-15H2/i12D/t12-,19?/m1/s1. The molecule has 2 aliphatic heterocycles. The maximum atomic E-state index is 10.8. The van der Waals surface area contributed by atoms with Crippen molar-refractivity contribution in [2.24, 2.45) is 0 Å². The van der Waals surface area contributed by atoms with Crippen LogP contribution in [0.5, 0.6) is 0 Å². The minimum Gasteiger partial charge on any atom is -0.390 e. The van der Waals surface area contributed by atoms with Crippen LogP contribution in [0.25, 0.3) is 0 Å². The summed E-state index contributed by atoms with van der Waals surface area (Å²) in [6.07, 6.45) is 4.70. The van der Waals surface area contributed by atoms with E-state index in [0.717, 1.165) is 44.5 Å². The number of aliphatic hydroxyl groups is 1. The van der Waals surface area contributed by atoms with Crippen LogP contribution < -0.4 is 0 Å². The molecular formula is C22H26ClN3O. The fraction of sp³-hybridized carbons (Fsp3) is 0.500. The molecule has 0 radical (unpaired) electrons. The highest BCUT2D eigenvalue weighted by Gasteiger charge is 2.49. The van der Waals surface area contributed by atoms with E-state index in [0.29, 0.717) is 18.2 Å². The molecule has 1 saturated carbocycles. The van der Waals surface area contributed by atoms with E-state index in [4.69, 9.17) is 13.0 Å². The second-order valence-corrected chi connectivity index (χ2v) is 8.73. The van der Waals surface area contributed by atoms with Crippen molar-refractivity contribution in [3.05, 3.63) is 63.9 Å². The number of rotatable bonds is 4. The minimum absolute atomic E-state index is 0.119.